The van der Waals surface area contributed by atoms with Gasteiger partial charge in [0.25, 0.3) is 5.56 Å². The number of rotatable bonds is 3. The van der Waals surface area contributed by atoms with Crippen molar-refractivity contribution in [1.29, 1.82) is 0 Å². The van der Waals surface area contributed by atoms with E-state index in [0.29, 0.717) is 19.0 Å². The first-order chi connectivity index (χ1) is 8.95. The number of nitrogens with zero attached hydrogens (tertiary/aromatic N) is 1. The fourth-order valence-corrected chi connectivity index (χ4v) is 3.99. The van der Waals surface area contributed by atoms with Crippen molar-refractivity contribution >= 4 is 21.6 Å². The Morgan fingerprint density at radius 3 is 2.58 bits per heavy atom. The van der Waals surface area contributed by atoms with Crippen LogP contribution in [0.2, 0.25) is 5.02 Å². The van der Waals surface area contributed by atoms with Gasteiger partial charge in [0.1, 0.15) is 5.02 Å². The fourth-order valence-electron chi connectivity index (χ4n) is 2.29. The van der Waals surface area contributed by atoms with Crippen LogP contribution in [0.3, 0.4) is 0 Å². The highest BCUT2D eigenvalue weighted by Crippen LogP contribution is 2.25. The Morgan fingerprint density at radius 1 is 1.42 bits per heavy atom. The van der Waals surface area contributed by atoms with Crippen molar-refractivity contribution in [3.05, 3.63) is 27.6 Å². The third kappa shape index (κ3) is 3.01. The molecule has 0 saturated carbocycles. The maximum atomic E-state index is 12.4. The van der Waals surface area contributed by atoms with Gasteiger partial charge in [0, 0.05) is 19.3 Å². The first-order valence-electron chi connectivity index (χ1n) is 6.33. The molecule has 0 radical (unpaired) electrons. The molecule has 19 heavy (non-hydrogen) atoms. The van der Waals surface area contributed by atoms with E-state index in [9.17, 15) is 13.2 Å². The summed E-state index contributed by atoms with van der Waals surface area (Å²) in [6.45, 7) is 3.17. The molecule has 0 aliphatic carbocycles. The quantitative estimate of drug-likeness (QED) is 0.926. The van der Waals surface area contributed by atoms with Gasteiger partial charge < -0.3 is 4.98 Å². The molecule has 1 aliphatic rings. The van der Waals surface area contributed by atoms with Gasteiger partial charge in [-0.3, -0.25) is 4.79 Å². The Bertz CT molecular complexity index is 604. The van der Waals surface area contributed by atoms with Gasteiger partial charge in [-0.15, -0.1) is 0 Å². The molecule has 106 valence electrons. The largest absolute Gasteiger partial charge is 0.326 e. The third-order valence-corrected chi connectivity index (χ3v) is 5.78. The van der Waals surface area contributed by atoms with Gasteiger partial charge in [-0.05, 0) is 24.8 Å². The number of aromatic nitrogens is 1. The van der Waals surface area contributed by atoms with Crippen LogP contribution in [0.4, 0.5) is 0 Å². The summed E-state index contributed by atoms with van der Waals surface area (Å²) in [5.41, 5.74) is -0.481. The van der Waals surface area contributed by atoms with E-state index in [4.69, 9.17) is 11.6 Å². The van der Waals surface area contributed by atoms with E-state index < -0.39 is 15.6 Å². The minimum Gasteiger partial charge on any atom is -0.326 e. The number of halogens is 1. The Hall–Kier alpha value is -0.850. The monoisotopic (exact) mass is 304 g/mol. The summed E-state index contributed by atoms with van der Waals surface area (Å²) in [7, 11) is -3.55. The molecule has 1 aromatic heterocycles. The molecule has 1 N–H and O–H groups in total. The van der Waals surface area contributed by atoms with Crippen molar-refractivity contribution in [1.82, 2.24) is 9.29 Å². The van der Waals surface area contributed by atoms with E-state index in [1.807, 2.05) is 0 Å². The summed E-state index contributed by atoms with van der Waals surface area (Å²) in [6.07, 6.45) is 4.05. The van der Waals surface area contributed by atoms with Crippen LogP contribution in [0.25, 0.3) is 0 Å². The van der Waals surface area contributed by atoms with Crippen LogP contribution in [-0.2, 0) is 10.0 Å². The van der Waals surface area contributed by atoms with Crippen molar-refractivity contribution in [2.75, 3.05) is 13.1 Å². The lowest BCUT2D eigenvalue weighted by molar-refractivity contribution is 0.269. The first kappa shape index (κ1) is 14.6. The van der Waals surface area contributed by atoms with E-state index in [0.717, 1.165) is 19.3 Å². The first-order valence-corrected chi connectivity index (χ1v) is 8.15. The highest BCUT2D eigenvalue weighted by Gasteiger charge is 2.29. The van der Waals surface area contributed by atoms with Crippen LogP contribution in [-0.4, -0.2) is 30.8 Å². The summed E-state index contributed by atoms with van der Waals surface area (Å²) in [4.78, 5) is 13.5. The molecule has 1 aliphatic heterocycles. The van der Waals surface area contributed by atoms with Gasteiger partial charge in [-0.2, -0.15) is 4.31 Å². The molecule has 0 aromatic carbocycles. The van der Waals surface area contributed by atoms with Gasteiger partial charge >= 0.3 is 0 Å². The number of piperidine rings is 1. The standard InChI is InChI=1S/C12H17ClN2O3S/c1-2-9-3-5-15(6-4-9)19(17,18)10-7-11(13)12(16)14-8-10/h7-9H,2-6H2,1H3,(H,14,16). The maximum Gasteiger partial charge on any atom is 0.266 e. The molecule has 0 bridgehead atoms. The number of hydrogen-bond acceptors (Lipinski definition) is 3. The molecule has 2 heterocycles. The number of H-pyrrole nitrogens is 1. The van der Waals surface area contributed by atoms with Gasteiger partial charge in [-0.1, -0.05) is 24.9 Å². The lowest BCUT2D eigenvalue weighted by Gasteiger charge is -2.30. The molecule has 2 rings (SSSR count). The van der Waals surface area contributed by atoms with E-state index in [1.165, 1.54) is 16.6 Å². The Balaban J connectivity index is 2.23. The van der Waals surface area contributed by atoms with Crippen molar-refractivity contribution < 1.29 is 8.42 Å². The maximum absolute atomic E-state index is 12.4. The molecular weight excluding hydrogens is 288 g/mol. The zero-order valence-corrected chi connectivity index (χ0v) is 12.3. The molecule has 1 saturated heterocycles. The van der Waals surface area contributed by atoms with E-state index in [2.05, 4.69) is 11.9 Å². The lowest BCUT2D eigenvalue weighted by atomic mass is 9.96. The summed E-state index contributed by atoms with van der Waals surface area (Å²) in [6, 6.07) is 1.21. The average Bonchev–Trinajstić information content (AvgIpc) is 2.41. The van der Waals surface area contributed by atoms with Crippen LogP contribution in [0, 0.1) is 5.92 Å². The number of hydrogen-bond donors (Lipinski definition) is 1. The molecular formula is C12H17ClN2O3S. The Kier molecular flexibility index (Phi) is 4.32. The van der Waals surface area contributed by atoms with Crippen LogP contribution < -0.4 is 5.56 Å². The highest BCUT2D eigenvalue weighted by atomic mass is 35.5. The number of sulfonamides is 1. The highest BCUT2D eigenvalue weighted by molar-refractivity contribution is 7.89. The second-order valence-electron chi connectivity index (χ2n) is 4.77. The minimum absolute atomic E-state index is 0.0482. The molecule has 0 spiro atoms. The molecule has 7 heteroatoms. The van der Waals surface area contributed by atoms with Crippen LogP contribution in [0.1, 0.15) is 26.2 Å². The zero-order chi connectivity index (χ0) is 14.0. The second-order valence-corrected chi connectivity index (χ2v) is 7.11. The zero-order valence-electron chi connectivity index (χ0n) is 10.7. The van der Waals surface area contributed by atoms with Gasteiger partial charge in [0.2, 0.25) is 10.0 Å². The fraction of sp³-hybridized carbons (Fsp3) is 0.583. The van der Waals surface area contributed by atoms with E-state index in [1.54, 1.807) is 0 Å². The topological polar surface area (TPSA) is 70.2 Å². The third-order valence-electron chi connectivity index (χ3n) is 3.62. The van der Waals surface area contributed by atoms with Gasteiger partial charge in [0.05, 0.1) is 4.90 Å². The molecule has 1 fully saturated rings. The van der Waals surface area contributed by atoms with Crippen molar-refractivity contribution in [2.24, 2.45) is 5.92 Å². The minimum atomic E-state index is -3.55. The van der Waals surface area contributed by atoms with Crippen molar-refractivity contribution in [3.63, 3.8) is 0 Å². The molecule has 0 amide bonds. The smallest absolute Gasteiger partial charge is 0.266 e. The predicted octanol–water partition coefficient (Wildman–Crippen LogP) is 1.84. The SMILES string of the molecule is CCC1CCN(S(=O)(=O)c2c[nH]c(=O)c(Cl)c2)CC1. The molecule has 0 atom stereocenters. The number of pyridine rings is 1. The van der Waals surface area contributed by atoms with Crippen molar-refractivity contribution in [2.45, 2.75) is 31.1 Å². The van der Waals surface area contributed by atoms with E-state index >= 15 is 0 Å². The predicted molar refractivity (Wildman–Crippen MR) is 73.8 cm³/mol. The number of aromatic amines is 1. The lowest BCUT2D eigenvalue weighted by Crippen LogP contribution is -2.38. The molecule has 0 unspecified atom stereocenters. The summed E-state index contributed by atoms with van der Waals surface area (Å²) < 4.78 is 26.2. The van der Waals surface area contributed by atoms with Crippen LogP contribution >= 0.6 is 11.6 Å². The molecule has 5 nitrogen and oxygen atoms in total. The second kappa shape index (κ2) is 5.64. The van der Waals surface area contributed by atoms with Crippen molar-refractivity contribution in [3.8, 4) is 0 Å². The van der Waals surface area contributed by atoms with Gasteiger partial charge in [-0.25, -0.2) is 8.42 Å². The summed E-state index contributed by atoms with van der Waals surface area (Å²) in [5, 5.41) is -0.107. The van der Waals surface area contributed by atoms with Crippen LogP contribution in [0.15, 0.2) is 22.0 Å². The average molecular weight is 305 g/mol. The Labute approximate surface area is 117 Å². The molecule has 1 aromatic rings. The van der Waals surface area contributed by atoms with Crippen LogP contribution in [0.5, 0.6) is 0 Å². The normalized spacial score (nSPS) is 18.6. The van der Waals surface area contributed by atoms with E-state index in [-0.39, 0.29) is 9.92 Å². The number of nitrogens with one attached hydrogen (secondary N) is 1. The summed E-state index contributed by atoms with van der Waals surface area (Å²) >= 11 is 5.68. The summed E-state index contributed by atoms with van der Waals surface area (Å²) in [5.74, 6) is 0.602. The van der Waals surface area contributed by atoms with Gasteiger partial charge in [0.15, 0.2) is 0 Å². The Morgan fingerprint density at radius 2 is 2.05 bits per heavy atom.